The number of amidine groups is 1. The summed E-state index contributed by atoms with van der Waals surface area (Å²) in [6.07, 6.45) is 0.0527. The highest BCUT2D eigenvalue weighted by Crippen LogP contribution is 2.31. The number of rotatable bonds is 6. The Morgan fingerprint density at radius 2 is 1.89 bits per heavy atom. The standard InChI is InChI=1S/C26H22N4O3S2/c1-15-3-12-20-21(13-15)34-25(29-20)16-4-6-17(7-5-16)27-23(31)14-22-24(32)30-26(35-22)28-18-8-10-19(33-2)11-9-18/h3-13,22H,14H2,1-2H3,(H,27,31)(H,28,30,32)/t22-/m1/s1. The Morgan fingerprint density at radius 1 is 1.11 bits per heavy atom. The molecule has 2 heterocycles. The molecule has 3 aromatic carbocycles. The number of aryl methyl sites for hydroxylation is 1. The van der Waals surface area contributed by atoms with Crippen molar-refractivity contribution in [1.29, 1.82) is 0 Å². The van der Waals surface area contributed by atoms with Gasteiger partial charge >= 0.3 is 0 Å². The van der Waals surface area contributed by atoms with Crippen LogP contribution in [0.1, 0.15) is 12.0 Å². The molecule has 35 heavy (non-hydrogen) atoms. The van der Waals surface area contributed by atoms with Gasteiger partial charge in [-0.1, -0.05) is 17.8 Å². The number of methoxy groups -OCH3 is 1. The van der Waals surface area contributed by atoms with Crippen molar-refractivity contribution < 1.29 is 14.3 Å². The van der Waals surface area contributed by atoms with Crippen molar-refractivity contribution in [3.05, 3.63) is 72.3 Å². The third-order valence-corrected chi connectivity index (χ3v) is 7.56. The molecule has 4 aromatic rings. The van der Waals surface area contributed by atoms with Gasteiger partial charge in [0.2, 0.25) is 11.8 Å². The summed E-state index contributed by atoms with van der Waals surface area (Å²) in [5.74, 6) is 0.278. The number of benzene rings is 3. The van der Waals surface area contributed by atoms with E-state index in [9.17, 15) is 9.59 Å². The quantitative estimate of drug-likeness (QED) is 0.362. The molecule has 1 aliphatic rings. The van der Waals surface area contributed by atoms with Gasteiger partial charge in [-0.3, -0.25) is 9.59 Å². The van der Waals surface area contributed by atoms with E-state index in [1.807, 2.05) is 30.3 Å². The topological polar surface area (TPSA) is 92.7 Å². The molecule has 1 saturated heterocycles. The van der Waals surface area contributed by atoms with Crippen LogP contribution in [0.2, 0.25) is 0 Å². The van der Waals surface area contributed by atoms with Crippen LogP contribution in [0.4, 0.5) is 11.4 Å². The van der Waals surface area contributed by atoms with Gasteiger partial charge in [-0.25, -0.2) is 9.98 Å². The molecular formula is C26H22N4O3S2. The molecule has 7 nitrogen and oxygen atoms in total. The van der Waals surface area contributed by atoms with Gasteiger partial charge in [0.15, 0.2) is 5.17 Å². The average molecular weight is 503 g/mol. The lowest BCUT2D eigenvalue weighted by molar-refractivity contribution is -0.122. The van der Waals surface area contributed by atoms with Gasteiger partial charge in [-0.2, -0.15) is 0 Å². The number of amides is 2. The molecule has 0 aliphatic carbocycles. The second kappa shape index (κ2) is 9.89. The molecule has 2 amide bonds. The minimum atomic E-state index is -0.530. The lowest BCUT2D eigenvalue weighted by Crippen LogP contribution is -2.28. The zero-order valence-corrected chi connectivity index (χ0v) is 20.7. The van der Waals surface area contributed by atoms with E-state index in [0.29, 0.717) is 16.5 Å². The van der Waals surface area contributed by atoms with Crippen molar-refractivity contribution in [2.75, 3.05) is 12.4 Å². The van der Waals surface area contributed by atoms with E-state index in [-0.39, 0.29) is 18.2 Å². The zero-order chi connectivity index (χ0) is 24.4. The summed E-state index contributed by atoms with van der Waals surface area (Å²) in [7, 11) is 1.60. The second-order valence-corrected chi connectivity index (χ2v) is 10.3. The van der Waals surface area contributed by atoms with E-state index < -0.39 is 5.25 Å². The van der Waals surface area contributed by atoms with Crippen LogP contribution in [0, 0.1) is 6.92 Å². The first-order chi connectivity index (χ1) is 17.0. The summed E-state index contributed by atoms with van der Waals surface area (Å²) < 4.78 is 6.29. The van der Waals surface area contributed by atoms with E-state index in [1.165, 1.54) is 17.3 Å². The molecule has 0 saturated carbocycles. The molecule has 1 aromatic heterocycles. The molecule has 0 bridgehead atoms. The number of nitrogens with zero attached hydrogens (tertiary/aromatic N) is 2. The van der Waals surface area contributed by atoms with Gasteiger partial charge < -0.3 is 15.4 Å². The average Bonchev–Trinajstić information content (AvgIpc) is 3.42. The summed E-state index contributed by atoms with van der Waals surface area (Å²) in [5, 5.41) is 6.51. The minimum absolute atomic E-state index is 0.0527. The van der Waals surface area contributed by atoms with E-state index in [4.69, 9.17) is 9.72 Å². The fourth-order valence-electron chi connectivity index (χ4n) is 3.60. The number of thiazole rings is 1. The first-order valence-corrected chi connectivity index (χ1v) is 12.6. The van der Waals surface area contributed by atoms with Crippen LogP contribution >= 0.6 is 23.1 Å². The van der Waals surface area contributed by atoms with Gasteiger partial charge in [-0.05, 0) is 73.2 Å². The lowest BCUT2D eigenvalue weighted by Gasteiger charge is -2.08. The molecule has 176 valence electrons. The maximum atomic E-state index is 12.6. The Hall–Kier alpha value is -3.69. The molecule has 0 radical (unpaired) electrons. The second-order valence-electron chi connectivity index (χ2n) is 8.03. The molecular weight excluding hydrogens is 480 g/mol. The van der Waals surface area contributed by atoms with Crippen molar-refractivity contribution in [1.82, 2.24) is 10.3 Å². The SMILES string of the molecule is COc1ccc(N=C2NC(=O)[C@@H](CC(=O)Nc3ccc(-c4nc5ccc(C)cc5s4)cc3)S2)cc1. The van der Waals surface area contributed by atoms with Crippen LogP contribution in [0.25, 0.3) is 20.8 Å². The largest absolute Gasteiger partial charge is 0.497 e. The number of nitrogens with one attached hydrogen (secondary N) is 2. The smallest absolute Gasteiger partial charge is 0.240 e. The van der Waals surface area contributed by atoms with Crippen molar-refractivity contribution >= 4 is 61.7 Å². The summed E-state index contributed by atoms with van der Waals surface area (Å²) in [4.78, 5) is 34.1. The van der Waals surface area contributed by atoms with E-state index in [2.05, 4.69) is 34.7 Å². The Bertz CT molecular complexity index is 1430. The van der Waals surface area contributed by atoms with Crippen LogP contribution in [0.5, 0.6) is 5.75 Å². The number of thioether (sulfide) groups is 1. The van der Waals surface area contributed by atoms with E-state index in [0.717, 1.165) is 26.5 Å². The first-order valence-electron chi connectivity index (χ1n) is 10.9. The fraction of sp³-hybridized carbons (Fsp3) is 0.154. The number of hydrogen-bond donors (Lipinski definition) is 2. The Labute approximate surface area is 210 Å². The summed E-state index contributed by atoms with van der Waals surface area (Å²) in [6, 6.07) is 21.0. The number of aliphatic imine (C=N–C) groups is 1. The van der Waals surface area contributed by atoms with Gasteiger partial charge in [0.05, 0.1) is 23.0 Å². The predicted octanol–water partition coefficient (Wildman–Crippen LogP) is 5.53. The molecule has 1 atom stereocenters. The first kappa shape index (κ1) is 23.1. The predicted molar refractivity (Wildman–Crippen MR) is 143 cm³/mol. The number of anilines is 1. The summed E-state index contributed by atoms with van der Waals surface area (Å²) >= 11 is 2.90. The van der Waals surface area contributed by atoms with Crippen molar-refractivity contribution in [2.24, 2.45) is 4.99 Å². The Kier molecular flexibility index (Phi) is 6.52. The number of aromatic nitrogens is 1. The van der Waals surface area contributed by atoms with Gasteiger partial charge in [-0.15, -0.1) is 11.3 Å². The number of carbonyl (C=O) groups is 2. The minimum Gasteiger partial charge on any atom is -0.497 e. The molecule has 0 unspecified atom stereocenters. The van der Waals surface area contributed by atoms with Gasteiger partial charge in [0.25, 0.3) is 0 Å². The number of fused-ring (bicyclic) bond motifs is 1. The molecule has 1 fully saturated rings. The normalized spacial score (nSPS) is 16.5. The van der Waals surface area contributed by atoms with Crippen molar-refractivity contribution in [2.45, 2.75) is 18.6 Å². The third kappa shape index (κ3) is 5.36. The highest BCUT2D eigenvalue weighted by atomic mass is 32.2. The molecule has 9 heteroatoms. The monoisotopic (exact) mass is 502 g/mol. The van der Waals surface area contributed by atoms with E-state index in [1.54, 1.807) is 42.7 Å². The number of ether oxygens (including phenoxy) is 1. The summed E-state index contributed by atoms with van der Waals surface area (Å²) in [5.41, 5.74) is 4.55. The van der Waals surface area contributed by atoms with Crippen LogP contribution in [-0.4, -0.2) is 34.3 Å². The number of hydrogen-bond acceptors (Lipinski definition) is 7. The van der Waals surface area contributed by atoms with Gasteiger partial charge in [0.1, 0.15) is 16.0 Å². The molecule has 2 N–H and O–H groups in total. The van der Waals surface area contributed by atoms with Crippen molar-refractivity contribution in [3.63, 3.8) is 0 Å². The van der Waals surface area contributed by atoms with E-state index >= 15 is 0 Å². The zero-order valence-electron chi connectivity index (χ0n) is 19.1. The fourth-order valence-corrected chi connectivity index (χ4v) is 5.66. The van der Waals surface area contributed by atoms with Crippen LogP contribution < -0.4 is 15.4 Å². The van der Waals surface area contributed by atoms with Crippen LogP contribution in [-0.2, 0) is 9.59 Å². The van der Waals surface area contributed by atoms with Gasteiger partial charge in [0, 0.05) is 17.7 Å². The maximum absolute atomic E-state index is 12.6. The Morgan fingerprint density at radius 3 is 2.63 bits per heavy atom. The highest BCUT2D eigenvalue weighted by molar-refractivity contribution is 8.15. The third-order valence-electron chi connectivity index (χ3n) is 5.41. The summed E-state index contributed by atoms with van der Waals surface area (Å²) in [6.45, 7) is 2.07. The Balaban J connectivity index is 1.19. The molecule has 1 aliphatic heterocycles. The van der Waals surface area contributed by atoms with Crippen molar-refractivity contribution in [3.8, 4) is 16.3 Å². The van der Waals surface area contributed by atoms with Crippen LogP contribution in [0.3, 0.4) is 0 Å². The lowest BCUT2D eigenvalue weighted by atomic mass is 10.2. The molecule has 5 rings (SSSR count). The van der Waals surface area contributed by atoms with Crippen LogP contribution in [0.15, 0.2) is 71.7 Å². The highest BCUT2D eigenvalue weighted by Gasteiger charge is 2.32. The molecule has 0 spiro atoms. The number of carbonyl (C=O) groups excluding carboxylic acids is 2. The maximum Gasteiger partial charge on any atom is 0.240 e.